The molecular formula is C19H22N2O3. The Morgan fingerprint density at radius 2 is 1.62 bits per heavy atom. The van der Waals surface area contributed by atoms with E-state index in [-0.39, 0.29) is 18.4 Å². The molecule has 0 aromatic heterocycles. The van der Waals surface area contributed by atoms with Crippen LogP contribution in [0.2, 0.25) is 0 Å². The lowest BCUT2D eigenvalue weighted by atomic mass is 10.1. The van der Waals surface area contributed by atoms with E-state index >= 15 is 0 Å². The number of amides is 2. The third-order valence-corrected chi connectivity index (χ3v) is 3.33. The Morgan fingerprint density at radius 3 is 2.21 bits per heavy atom. The van der Waals surface area contributed by atoms with Crippen LogP contribution in [-0.2, 0) is 4.79 Å². The van der Waals surface area contributed by atoms with Crippen LogP contribution in [0.5, 0.6) is 5.75 Å². The van der Waals surface area contributed by atoms with Crippen LogP contribution >= 0.6 is 0 Å². The van der Waals surface area contributed by atoms with Gasteiger partial charge in [-0.15, -0.1) is 0 Å². The molecule has 0 aliphatic carbocycles. The second kappa shape index (κ2) is 8.15. The number of anilines is 1. The van der Waals surface area contributed by atoms with Crippen molar-refractivity contribution in [1.82, 2.24) is 5.32 Å². The number of carbonyl (C=O) groups is 2. The van der Waals surface area contributed by atoms with E-state index < -0.39 is 0 Å². The molecule has 0 bridgehead atoms. The first-order valence-electron chi connectivity index (χ1n) is 7.87. The van der Waals surface area contributed by atoms with Crippen molar-refractivity contribution in [2.24, 2.45) is 0 Å². The molecule has 0 aliphatic heterocycles. The summed E-state index contributed by atoms with van der Waals surface area (Å²) in [5.74, 6) is 0.294. The zero-order valence-corrected chi connectivity index (χ0v) is 14.2. The molecule has 2 N–H and O–H groups in total. The molecule has 0 heterocycles. The summed E-state index contributed by atoms with van der Waals surface area (Å²) >= 11 is 0. The zero-order chi connectivity index (χ0) is 17.5. The monoisotopic (exact) mass is 326 g/mol. The molecule has 5 heteroatoms. The maximum Gasteiger partial charge on any atom is 0.262 e. The van der Waals surface area contributed by atoms with Gasteiger partial charge in [-0.1, -0.05) is 6.07 Å². The summed E-state index contributed by atoms with van der Waals surface area (Å²) in [6.07, 6.45) is 0. The average Bonchev–Trinajstić information content (AvgIpc) is 2.53. The van der Waals surface area contributed by atoms with Gasteiger partial charge in [-0.3, -0.25) is 9.59 Å². The zero-order valence-electron chi connectivity index (χ0n) is 14.2. The summed E-state index contributed by atoms with van der Waals surface area (Å²) in [6.45, 7) is 6.34. The van der Waals surface area contributed by atoms with E-state index in [4.69, 9.17) is 4.74 Å². The summed E-state index contributed by atoms with van der Waals surface area (Å²) in [5, 5.41) is 5.47. The van der Waals surface area contributed by atoms with E-state index in [1.54, 1.807) is 24.3 Å². The Kier molecular flexibility index (Phi) is 5.95. The number of nitrogens with one attached hydrogen (secondary N) is 2. The second-order valence-corrected chi connectivity index (χ2v) is 5.60. The van der Waals surface area contributed by atoms with E-state index in [0.717, 1.165) is 11.1 Å². The molecule has 0 unspecified atom stereocenters. The molecule has 0 aliphatic rings. The summed E-state index contributed by atoms with van der Waals surface area (Å²) in [6, 6.07) is 12.6. The number of hydrogen-bond donors (Lipinski definition) is 2. The average molecular weight is 326 g/mol. The highest BCUT2D eigenvalue weighted by Crippen LogP contribution is 2.16. The molecule has 2 aromatic carbocycles. The van der Waals surface area contributed by atoms with Crippen molar-refractivity contribution >= 4 is 17.5 Å². The minimum absolute atomic E-state index is 0.0685. The lowest BCUT2D eigenvalue weighted by molar-refractivity contribution is -0.118. The molecule has 126 valence electrons. The maximum atomic E-state index is 12.0. The minimum Gasteiger partial charge on any atom is -0.484 e. The van der Waals surface area contributed by atoms with Gasteiger partial charge in [0.1, 0.15) is 5.75 Å². The summed E-state index contributed by atoms with van der Waals surface area (Å²) in [4.78, 5) is 23.6. The number of benzene rings is 2. The smallest absolute Gasteiger partial charge is 0.262 e. The lowest BCUT2D eigenvalue weighted by Gasteiger charge is -2.09. The molecule has 0 saturated heterocycles. The van der Waals surface area contributed by atoms with Crippen LogP contribution in [0.1, 0.15) is 28.4 Å². The Labute approximate surface area is 142 Å². The van der Waals surface area contributed by atoms with Crippen LogP contribution in [0.3, 0.4) is 0 Å². The van der Waals surface area contributed by atoms with Gasteiger partial charge in [0.2, 0.25) is 0 Å². The summed E-state index contributed by atoms with van der Waals surface area (Å²) in [7, 11) is 0. The number of aryl methyl sites for hydroxylation is 2. The van der Waals surface area contributed by atoms with E-state index in [9.17, 15) is 9.59 Å². The summed E-state index contributed by atoms with van der Waals surface area (Å²) < 4.78 is 5.52. The Morgan fingerprint density at radius 1 is 1.00 bits per heavy atom. The third-order valence-electron chi connectivity index (χ3n) is 3.33. The van der Waals surface area contributed by atoms with Crippen LogP contribution in [0.25, 0.3) is 0 Å². The molecule has 5 nitrogen and oxygen atoms in total. The Hall–Kier alpha value is -2.82. The van der Waals surface area contributed by atoms with Crippen molar-refractivity contribution < 1.29 is 14.3 Å². The van der Waals surface area contributed by atoms with E-state index in [0.29, 0.717) is 23.5 Å². The molecule has 24 heavy (non-hydrogen) atoms. The fourth-order valence-electron chi connectivity index (χ4n) is 2.33. The maximum absolute atomic E-state index is 12.0. The van der Waals surface area contributed by atoms with E-state index in [1.807, 2.05) is 39.0 Å². The molecule has 2 rings (SSSR count). The molecule has 0 fully saturated rings. The highest BCUT2D eigenvalue weighted by atomic mass is 16.5. The van der Waals surface area contributed by atoms with Gasteiger partial charge in [-0.05, 0) is 68.3 Å². The largest absolute Gasteiger partial charge is 0.484 e. The van der Waals surface area contributed by atoms with Gasteiger partial charge in [0, 0.05) is 17.8 Å². The molecule has 0 saturated carbocycles. The van der Waals surface area contributed by atoms with Crippen LogP contribution in [-0.4, -0.2) is 25.0 Å². The van der Waals surface area contributed by atoms with Gasteiger partial charge in [-0.25, -0.2) is 0 Å². The fourth-order valence-corrected chi connectivity index (χ4v) is 2.33. The predicted octanol–water partition coefficient (Wildman–Crippen LogP) is 3.07. The first-order chi connectivity index (χ1) is 11.5. The van der Waals surface area contributed by atoms with Crippen molar-refractivity contribution in [3.05, 3.63) is 59.2 Å². The first-order valence-corrected chi connectivity index (χ1v) is 7.87. The number of hydrogen-bond acceptors (Lipinski definition) is 3. The van der Waals surface area contributed by atoms with Gasteiger partial charge in [-0.2, -0.15) is 0 Å². The van der Waals surface area contributed by atoms with Crippen LogP contribution in [0, 0.1) is 13.8 Å². The Bertz CT molecular complexity index is 704. The third kappa shape index (κ3) is 5.12. The predicted molar refractivity (Wildman–Crippen MR) is 94.5 cm³/mol. The standard InChI is InChI=1S/C19H22N2O3/c1-4-20-19(23)15-5-7-16(8-6-15)21-18(22)12-24-17-10-13(2)9-14(3)11-17/h5-11H,4,12H2,1-3H3,(H,20,23)(H,21,22). The fraction of sp³-hybridized carbons (Fsp3) is 0.263. The minimum atomic E-state index is -0.250. The van der Waals surface area contributed by atoms with Crippen molar-refractivity contribution in [2.45, 2.75) is 20.8 Å². The SMILES string of the molecule is CCNC(=O)c1ccc(NC(=O)COc2cc(C)cc(C)c2)cc1. The molecule has 2 amide bonds. The molecule has 2 aromatic rings. The van der Waals surface area contributed by atoms with Gasteiger partial charge >= 0.3 is 0 Å². The molecule has 0 spiro atoms. The number of carbonyl (C=O) groups excluding carboxylic acids is 2. The van der Waals surface area contributed by atoms with Crippen LogP contribution in [0.4, 0.5) is 5.69 Å². The van der Waals surface area contributed by atoms with Crippen LogP contribution < -0.4 is 15.4 Å². The van der Waals surface area contributed by atoms with E-state index in [2.05, 4.69) is 10.6 Å². The number of ether oxygens (including phenoxy) is 1. The van der Waals surface area contributed by atoms with Crippen molar-refractivity contribution in [3.8, 4) is 5.75 Å². The molecule has 0 radical (unpaired) electrons. The van der Waals surface area contributed by atoms with Gasteiger partial charge < -0.3 is 15.4 Å². The highest BCUT2D eigenvalue weighted by Gasteiger charge is 2.07. The van der Waals surface area contributed by atoms with Crippen molar-refractivity contribution in [2.75, 3.05) is 18.5 Å². The van der Waals surface area contributed by atoms with Gasteiger partial charge in [0.15, 0.2) is 6.61 Å². The highest BCUT2D eigenvalue weighted by molar-refractivity contribution is 5.96. The quantitative estimate of drug-likeness (QED) is 0.857. The topological polar surface area (TPSA) is 67.4 Å². The normalized spacial score (nSPS) is 10.1. The second-order valence-electron chi connectivity index (χ2n) is 5.60. The summed E-state index contributed by atoms with van der Waals surface area (Å²) in [5.41, 5.74) is 3.36. The van der Waals surface area contributed by atoms with Gasteiger partial charge in [0.25, 0.3) is 11.8 Å². The van der Waals surface area contributed by atoms with Crippen molar-refractivity contribution in [1.29, 1.82) is 0 Å². The Balaban J connectivity index is 1.89. The molecular weight excluding hydrogens is 304 g/mol. The van der Waals surface area contributed by atoms with Crippen LogP contribution in [0.15, 0.2) is 42.5 Å². The molecule has 0 atom stereocenters. The van der Waals surface area contributed by atoms with Gasteiger partial charge in [0.05, 0.1) is 0 Å². The van der Waals surface area contributed by atoms with Crippen molar-refractivity contribution in [3.63, 3.8) is 0 Å². The first kappa shape index (κ1) is 17.5. The van der Waals surface area contributed by atoms with E-state index in [1.165, 1.54) is 0 Å². The lowest BCUT2D eigenvalue weighted by Crippen LogP contribution is -2.23. The number of rotatable bonds is 6.